The van der Waals surface area contributed by atoms with Gasteiger partial charge < -0.3 is 4.74 Å². The smallest absolute Gasteiger partial charge is 0.0720 e. The van der Waals surface area contributed by atoms with Crippen molar-refractivity contribution in [3.8, 4) is 0 Å². The zero-order chi connectivity index (χ0) is 11.3. The highest BCUT2D eigenvalue weighted by molar-refractivity contribution is 5.13. The summed E-state index contributed by atoms with van der Waals surface area (Å²) in [7, 11) is 0. The monoisotopic (exact) mass is 206 g/mol. The molecule has 1 nitrogen and oxygen atoms in total. The molecule has 0 saturated carbocycles. The van der Waals surface area contributed by atoms with E-state index in [9.17, 15) is 0 Å². The van der Waals surface area contributed by atoms with Crippen molar-refractivity contribution >= 4 is 0 Å². The number of benzene rings is 1. The van der Waals surface area contributed by atoms with Crippen molar-refractivity contribution in [2.75, 3.05) is 0 Å². The molecule has 0 radical (unpaired) electrons. The summed E-state index contributed by atoms with van der Waals surface area (Å²) in [4.78, 5) is 0. The highest BCUT2D eigenvalue weighted by Gasteiger charge is 2.23. The minimum Gasteiger partial charge on any atom is -0.373 e. The van der Waals surface area contributed by atoms with E-state index in [1.54, 1.807) is 0 Å². The molecule has 1 heteroatoms. The van der Waals surface area contributed by atoms with E-state index >= 15 is 0 Å². The molecule has 0 spiro atoms. The molecule has 1 atom stereocenters. The third kappa shape index (κ3) is 4.05. The summed E-state index contributed by atoms with van der Waals surface area (Å²) < 4.78 is 5.94. The van der Waals surface area contributed by atoms with Crippen LogP contribution in [0.15, 0.2) is 30.3 Å². The Labute approximate surface area is 93.5 Å². The van der Waals surface area contributed by atoms with Crippen LogP contribution >= 0.6 is 0 Å². The van der Waals surface area contributed by atoms with Crippen LogP contribution in [0.2, 0.25) is 0 Å². The first kappa shape index (κ1) is 12.3. The lowest BCUT2D eigenvalue weighted by molar-refractivity contribution is -0.0299. The van der Waals surface area contributed by atoms with Crippen LogP contribution in [0.3, 0.4) is 0 Å². The van der Waals surface area contributed by atoms with Gasteiger partial charge in [0.15, 0.2) is 0 Å². The molecular weight excluding hydrogens is 184 g/mol. The second-order valence-electron chi connectivity index (χ2n) is 5.06. The summed E-state index contributed by atoms with van der Waals surface area (Å²) in [6.45, 7) is 9.59. The Morgan fingerprint density at radius 1 is 1.13 bits per heavy atom. The van der Waals surface area contributed by atoms with Crippen LogP contribution in [0.4, 0.5) is 0 Å². The molecule has 1 rings (SSSR count). The van der Waals surface area contributed by atoms with Crippen LogP contribution in [-0.2, 0) is 11.3 Å². The Bertz CT molecular complexity index is 271. The number of rotatable bonds is 4. The molecule has 0 amide bonds. The van der Waals surface area contributed by atoms with Gasteiger partial charge in [0.25, 0.3) is 0 Å². The maximum absolute atomic E-state index is 5.94. The van der Waals surface area contributed by atoms with Crippen molar-refractivity contribution in [3.05, 3.63) is 35.9 Å². The average Bonchev–Trinajstić information content (AvgIpc) is 2.18. The number of ether oxygens (including phenoxy) is 1. The van der Waals surface area contributed by atoms with E-state index in [4.69, 9.17) is 4.74 Å². The van der Waals surface area contributed by atoms with Crippen molar-refractivity contribution in [1.82, 2.24) is 0 Å². The SMILES string of the molecule is CC[C@@H](OCc1ccccc1)C(C)(C)C. The van der Waals surface area contributed by atoms with Crippen molar-refractivity contribution in [3.63, 3.8) is 0 Å². The second-order valence-corrected chi connectivity index (χ2v) is 5.06. The summed E-state index contributed by atoms with van der Waals surface area (Å²) in [5, 5.41) is 0. The first-order valence-electron chi connectivity index (χ1n) is 5.69. The molecular formula is C14H22O. The van der Waals surface area contributed by atoms with Gasteiger partial charge in [0, 0.05) is 0 Å². The minimum absolute atomic E-state index is 0.226. The number of hydrogen-bond donors (Lipinski definition) is 0. The fourth-order valence-corrected chi connectivity index (χ4v) is 1.75. The highest BCUT2D eigenvalue weighted by Crippen LogP contribution is 2.25. The van der Waals surface area contributed by atoms with Crippen LogP contribution in [0.1, 0.15) is 39.7 Å². The summed E-state index contributed by atoms with van der Waals surface area (Å²) in [5.41, 5.74) is 1.48. The molecule has 0 N–H and O–H groups in total. The van der Waals surface area contributed by atoms with Crippen molar-refractivity contribution < 1.29 is 4.74 Å². The molecule has 0 saturated heterocycles. The normalized spacial score (nSPS) is 13.9. The molecule has 1 aromatic carbocycles. The Morgan fingerprint density at radius 2 is 1.73 bits per heavy atom. The van der Waals surface area contributed by atoms with Gasteiger partial charge >= 0.3 is 0 Å². The van der Waals surface area contributed by atoms with E-state index in [2.05, 4.69) is 52.0 Å². The van der Waals surface area contributed by atoms with Crippen molar-refractivity contribution in [1.29, 1.82) is 0 Å². The lowest BCUT2D eigenvalue weighted by Gasteiger charge is -2.29. The standard InChI is InChI=1S/C14H22O/c1-5-13(14(2,3)4)15-11-12-9-7-6-8-10-12/h6-10,13H,5,11H2,1-4H3/t13-/m1/s1. The molecule has 1 aromatic rings. The zero-order valence-corrected chi connectivity index (χ0v) is 10.3. The second kappa shape index (κ2) is 5.32. The molecule has 0 unspecified atom stereocenters. The van der Waals surface area contributed by atoms with Crippen LogP contribution in [0, 0.1) is 5.41 Å². The van der Waals surface area contributed by atoms with Crippen LogP contribution in [-0.4, -0.2) is 6.10 Å². The lowest BCUT2D eigenvalue weighted by Crippen LogP contribution is -2.28. The Hall–Kier alpha value is -0.820. The molecule has 84 valence electrons. The quantitative estimate of drug-likeness (QED) is 0.722. The minimum atomic E-state index is 0.226. The van der Waals surface area contributed by atoms with Gasteiger partial charge in [-0.3, -0.25) is 0 Å². The van der Waals surface area contributed by atoms with Gasteiger partial charge in [0.2, 0.25) is 0 Å². The summed E-state index contributed by atoms with van der Waals surface area (Å²) >= 11 is 0. The maximum Gasteiger partial charge on any atom is 0.0720 e. The van der Waals surface area contributed by atoms with Gasteiger partial charge in [-0.15, -0.1) is 0 Å². The fraction of sp³-hybridized carbons (Fsp3) is 0.571. The molecule has 0 fully saturated rings. The molecule has 0 aliphatic heterocycles. The molecule has 15 heavy (non-hydrogen) atoms. The molecule has 0 heterocycles. The Morgan fingerprint density at radius 3 is 2.20 bits per heavy atom. The Balaban J connectivity index is 2.49. The molecule has 0 aromatic heterocycles. The summed E-state index contributed by atoms with van der Waals surface area (Å²) in [6.07, 6.45) is 1.40. The lowest BCUT2D eigenvalue weighted by atomic mass is 9.87. The van der Waals surface area contributed by atoms with E-state index in [0.717, 1.165) is 13.0 Å². The van der Waals surface area contributed by atoms with E-state index in [1.165, 1.54) is 5.56 Å². The first-order valence-corrected chi connectivity index (χ1v) is 5.69. The zero-order valence-electron chi connectivity index (χ0n) is 10.3. The predicted molar refractivity (Wildman–Crippen MR) is 64.8 cm³/mol. The van der Waals surface area contributed by atoms with Gasteiger partial charge in [-0.1, -0.05) is 58.0 Å². The van der Waals surface area contributed by atoms with Crippen LogP contribution in [0.5, 0.6) is 0 Å². The van der Waals surface area contributed by atoms with Gasteiger partial charge in [-0.25, -0.2) is 0 Å². The molecule has 0 bridgehead atoms. The third-order valence-electron chi connectivity index (χ3n) is 2.63. The topological polar surface area (TPSA) is 9.23 Å². The van der Waals surface area contributed by atoms with Crippen LogP contribution < -0.4 is 0 Å². The van der Waals surface area contributed by atoms with Crippen molar-refractivity contribution in [2.24, 2.45) is 5.41 Å². The summed E-state index contributed by atoms with van der Waals surface area (Å²) in [6, 6.07) is 10.3. The predicted octanol–water partition coefficient (Wildman–Crippen LogP) is 4.03. The van der Waals surface area contributed by atoms with E-state index < -0.39 is 0 Å². The Kier molecular flexibility index (Phi) is 4.34. The van der Waals surface area contributed by atoms with Gasteiger partial charge in [-0.05, 0) is 17.4 Å². The largest absolute Gasteiger partial charge is 0.373 e. The third-order valence-corrected chi connectivity index (χ3v) is 2.63. The fourth-order valence-electron chi connectivity index (χ4n) is 1.75. The van der Waals surface area contributed by atoms with Gasteiger partial charge in [0.05, 0.1) is 12.7 Å². The van der Waals surface area contributed by atoms with E-state index in [-0.39, 0.29) is 5.41 Å². The van der Waals surface area contributed by atoms with E-state index in [0.29, 0.717) is 6.10 Å². The summed E-state index contributed by atoms with van der Waals surface area (Å²) in [5.74, 6) is 0. The van der Waals surface area contributed by atoms with Crippen molar-refractivity contribution in [2.45, 2.75) is 46.8 Å². The highest BCUT2D eigenvalue weighted by atomic mass is 16.5. The molecule has 0 aliphatic carbocycles. The maximum atomic E-state index is 5.94. The van der Waals surface area contributed by atoms with Crippen LogP contribution in [0.25, 0.3) is 0 Å². The van der Waals surface area contributed by atoms with Gasteiger partial charge in [-0.2, -0.15) is 0 Å². The average molecular weight is 206 g/mol. The van der Waals surface area contributed by atoms with Gasteiger partial charge in [0.1, 0.15) is 0 Å². The van der Waals surface area contributed by atoms with E-state index in [1.807, 2.05) is 6.07 Å². The number of hydrogen-bond acceptors (Lipinski definition) is 1. The first-order chi connectivity index (χ1) is 7.04. The molecule has 0 aliphatic rings.